The standard InChI is InChI=1S/C18H23F2N3O3.ClH/c19-18(20)26-14-7-5-13(6-8-14)23-9-1-2-15(17(23)25)22-16(24)11-21-10-12-3-4-12;/h5-8,12,15,18,21H,1-4,9-11H2,(H,22,24);1H. The van der Waals surface area contributed by atoms with Gasteiger partial charge in [0.2, 0.25) is 11.8 Å². The fourth-order valence-electron chi connectivity index (χ4n) is 3.03. The van der Waals surface area contributed by atoms with Crippen molar-refractivity contribution < 1.29 is 23.1 Å². The van der Waals surface area contributed by atoms with Gasteiger partial charge in [0, 0.05) is 12.2 Å². The first kappa shape index (κ1) is 21.4. The highest BCUT2D eigenvalue weighted by atomic mass is 35.5. The van der Waals surface area contributed by atoms with Crippen molar-refractivity contribution >= 4 is 29.9 Å². The molecule has 1 aliphatic heterocycles. The summed E-state index contributed by atoms with van der Waals surface area (Å²) in [6.45, 7) is -1.31. The molecule has 0 bridgehead atoms. The van der Waals surface area contributed by atoms with Crippen LogP contribution in [0.25, 0.3) is 0 Å². The maximum absolute atomic E-state index is 12.7. The summed E-state index contributed by atoms with van der Waals surface area (Å²) in [5.74, 6) is 0.354. The second-order valence-electron chi connectivity index (χ2n) is 6.70. The first-order valence-electron chi connectivity index (χ1n) is 8.89. The second-order valence-corrected chi connectivity index (χ2v) is 6.70. The number of nitrogens with zero attached hydrogens (tertiary/aromatic N) is 1. The Bertz CT molecular complexity index is 641. The molecule has 2 N–H and O–H groups in total. The van der Waals surface area contributed by atoms with Gasteiger partial charge in [-0.3, -0.25) is 9.59 Å². The van der Waals surface area contributed by atoms with Crippen molar-refractivity contribution in [3.05, 3.63) is 24.3 Å². The molecule has 2 fully saturated rings. The van der Waals surface area contributed by atoms with Gasteiger partial charge in [-0.2, -0.15) is 8.78 Å². The van der Waals surface area contributed by atoms with E-state index in [0.717, 1.165) is 13.0 Å². The number of carbonyl (C=O) groups is 2. The summed E-state index contributed by atoms with van der Waals surface area (Å²) in [6, 6.07) is 5.38. The van der Waals surface area contributed by atoms with Crippen molar-refractivity contribution in [2.45, 2.75) is 38.3 Å². The van der Waals surface area contributed by atoms with Gasteiger partial charge in [-0.05, 0) is 62.4 Å². The zero-order chi connectivity index (χ0) is 18.5. The third kappa shape index (κ3) is 6.32. The van der Waals surface area contributed by atoms with E-state index in [0.29, 0.717) is 24.6 Å². The number of ether oxygens (including phenoxy) is 1. The average Bonchev–Trinajstić information content (AvgIpc) is 3.41. The van der Waals surface area contributed by atoms with Crippen LogP contribution in [0.4, 0.5) is 14.5 Å². The number of nitrogens with one attached hydrogen (secondary N) is 2. The summed E-state index contributed by atoms with van der Waals surface area (Å²) in [6.07, 6.45) is 3.77. The Balaban J connectivity index is 0.00000261. The Hall–Kier alpha value is -1.93. The Kier molecular flexibility index (Phi) is 7.79. The summed E-state index contributed by atoms with van der Waals surface area (Å²) in [7, 11) is 0. The molecule has 9 heteroatoms. The summed E-state index contributed by atoms with van der Waals surface area (Å²) in [5, 5.41) is 5.89. The molecule has 1 aliphatic carbocycles. The van der Waals surface area contributed by atoms with E-state index >= 15 is 0 Å². The van der Waals surface area contributed by atoms with Crippen LogP contribution in [0.2, 0.25) is 0 Å². The van der Waals surface area contributed by atoms with Crippen LogP contribution in [0.3, 0.4) is 0 Å². The number of anilines is 1. The van der Waals surface area contributed by atoms with Gasteiger partial charge in [0.25, 0.3) is 0 Å². The molecule has 3 rings (SSSR count). The fourth-order valence-corrected chi connectivity index (χ4v) is 3.03. The van der Waals surface area contributed by atoms with Gasteiger partial charge in [-0.25, -0.2) is 0 Å². The number of piperidine rings is 1. The van der Waals surface area contributed by atoms with Crippen molar-refractivity contribution in [1.82, 2.24) is 10.6 Å². The van der Waals surface area contributed by atoms with Crippen molar-refractivity contribution in [2.24, 2.45) is 5.92 Å². The first-order valence-corrected chi connectivity index (χ1v) is 8.89. The minimum Gasteiger partial charge on any atom is -0.435 e. The molecule has 27 heavy (non-hydrogen) atoms. The molecule has 1 atom stereocenters. The van der Waals surface area contributed by atoms with Crippen LogP contribution < -0.4 is 20.3 Å². The van der Waals surface area contributed by atoms with Crippen molar-refractivity contribution in [2.75, 3.05) is 24.5 Å². The molecule has 1 unspecified atom stereocenters. The molecule has 6 nitrogen and oxygen atoms in total. The Labute approximate surface area is 163 Å². The van der Waals surface area contributed by atoms with E-state index in [-0.39, 0.29) is 36.5 Å². The lowest BCUT2D eigenvalue weighted by Gasteiger charge is -2.32. The molecule has 1 heterocycles. The van der Waals surface area contributed by atoms with Gasteiger partial charge < -0.3 is 20.3 Å². The molecule has 1 aromatic rings. The molecular formula is C18H24ClF2N3O3. The van der Waals surface area contributed by atoms with E-state index in [4.69, 9.17) is 0 Å². The number of benzene rings is 1. The maximum atomic E-state index is 12.7. The monoisotopic (exact) mass is 403 g/mol. The van der Waals surface area contributed by atoms with Crippen LogP contribution >= 0.6 is 12.4 Å². The number of alkyl halides is 2. The third-order valence-electron chi connectivity index (χ3n) is 4.56. The minimum atomic E-state index is -2.88. The normalized spacial score (nSPS) is 19.6. The molecule has 0 radical (unpaired) electrons. The van der Waals surface area contributed by atoms with Gasteiger partial charge in [0.1, 0.15) is 11.8 Å². The zero-order valence-corrected chi connectivity index (χ0v) is 15.6. The lowest BCUT2D eigenvalue weighted by Crippen LogP contribution is -2.53. The molecule has 0 aromatic heterocycles. The van der Waals surface area contributed by atoms with Crippen LogP contribution in [0.5, 0.6) is 5.75 Å². The van der Waals surface area contributed by atoms with Crippen LogP contribution in [0.1, 0.15) is 25.7 Å². The number of hydrogen-bond acceptors (Lipinski definition) is 4. The summed E-state index contributed by atoms with van der Waals surface area (Å²) >= 11 is 0. The van der Waals surface area contributed by atoms with E-state index in [1.165, 1.54) is 25.0 Å². The predicted octanol–water partition coefficient (Wildman–Crippen LogP) is 2.32. The third-order valence-corrected chi connectivity index (χ3v) is 4.56. The minimum absolute atomic E-state index is 0. The molecule has 0 spiro atoms. The zero-order valence-electron chi connectivity index (χ0n) is 14.8. The number of carbonyl (C=O) groups excluding carboxylic acids is 2. The van der Waals surface area contributed by atoms with E-state index in [2.05, 4.69) is 15.4 Å². The summed E-state index contributed by atoms with van der Waals surface area (Å²) in [4.78, 5) is 26.2. The molecule has 1 saturated carbocycles. The Morgan fingerprint density at radius 3 is 2.56 bits per heavy atom. The summed E-state index contributed by atoms with van der Waals surface area (Å²) < 4.78 is 28.7. The topological polar surface area (TPSA) is 70.7 Å². The van der Waals surface area contributed by atoms with Gasteiger partial charge in [0.15, 0.2) is 0 Å². The lowest BCUT2D eigenvalue weighted by atomic mass is 10.0. The quantitative estimate of drug-likeness (QED) is 0.699. The SMILES string of the molecule is Cl.O=C(CNCC1CC1)NC1CCCN(c2ccc(OC(F)F)cc2)C1=O. The molecule has 2 amide bonds. The van der Waals surface area contributed by atoms with Gasteiger partial charge in [0.05, 0.1) is 6.54 Å². The summed E-state index contributed by atoms with van der Waals surface area (Å²) in [5.41, 5.74) is 0.599. The van der Waals surface area contributed by atoms with Crippen LogP contribution in [-0.4, -0.2) is 44.1 Å². The van der Waals surface area contributed by atoms with Crippen LogP contribution in [-0.2, 0) is 9.59 Å². The largest absolute Gasteiger partial charge is 0.435 e. The molecule has 1 aromatic carbocycles. The van der Waals surface area contributed by atoms with E-state index in [1.807, 2.05) is 0 Å². The smallest absolute Gasteiger partial charge is 0.387 e. The van der Waals surface area contributed by atoms with Crippen LogP contribution in [0.15, 0.2) is 24.3 Å². The van der Waals surface area contributed by atoms with E-state index in [1.54, 1.807) is 17.0 Å². The number of rotatable bonds is 8. The van der Waals surface area contributed by atoms with Crippen LogP contribution in [0, 0.1) is 5.92 Å². The highest BCUT2D eigenvalue weighted by molar-refractivity contribution is 6.00. The Morgan fingerprint density at radius 1 is 1.22 bits per heavy atom. The van der Waals surface area contributed by atoms with Crippen molar-refractivity contribution in [3.8, 4) is 5.75 Å². The van der Waals surface area contributed by atoms with Gasteiger partial charge in [-0.15, -0.1) is 12.4 Å². The Morgan fingerprint density at radius 2 is 1.93 bits per heavy atom. The average molecular weight is 404 g/mol. The van der Waals surface area contributed by atoms with Crippen molar-refractivity contribution in [1.29, 1.82) is 0 Å². The predicted molar refractivity (Wildman–Crippen MR) is 99.4 cm³/mol. The highest BCUT2D eigenvalue weighted by Gasteiger charge is 2.31. The lowest BCUT2D eigenvalue weighted by molar-refractivity contribution is -0.128. The highest BCUT2D eigenvalue weighted by Crippen LogP contribution is 2.27. The maximum Gasteiger partial charge on any atom is 0.387 e. The van der Waals surface area contributed by atoms with Crippen molar-refractivity contribution in [3.63, 3.8) is 0 Å². The molecular weight excluding hydrogens is 380 g/mol. The first-order chi connectivity index (χ1) is 12.5. The van der Waals surface area contributed by atoms with E-state index < -0.39 is 12.7 Å². The molecule has 150 valence electrons. The number of halogens is 3. The number of hydrogen-bond donors (Lipinski definition) is 2. The second kappa shape index (κ2) is 9.85. The fraction of sp³-hybridized carbons (Fsp3) is 0.556. The molecule has 1 saturated heterocycles. The van der Waals surface area contributed by atoms with Gasteiger partial charge >= 0.3 is 6.61 Å². The number of amides is 2. The molecule has 2 aliphatic rings. The van der Waals surface area contributed by atoms with Gasteiger partial charge in [-0.1, -0.05) is 0 Å². The van der Waals surface area contributed by atoms with E-state index in [9.17, 15) is 18.4 Å².